The number of carbonyl (C=O) groups excluding carboxylic acids is 3. The Labute approximate surface area is 160 Å². The number of carbonyl (C=O) groups is 3. The molecule has 0 N–H and O–H groups in total. The lowest BCUT2D eigenvalue weighted by Gasteiger charge is -2.06. The van der Waals surface area contributed by atoms with Crippen LogP contribution in [0.15, 0.2) is 66.7 Å². The van der Waals surface area contributed by atoms with Crippen LogP contribution in [0, 0.1) is 0 Å². The Morgan fingerprint density at radius 1 is 0.778 bits per heavy atom. The molecule has 0 unspecified atom stereocenters. The minimum absolute atomic E-state index is 0.103. The zero-order valence-corrected chi connectivity index (χ0v) is 14.8. The van der Waals surface area contributed by atoms with Crippen molar-refractivity contribution < 1.29 is 19.1 Å². The third-order valence-corrected chi connectivity index (χ3v) is 4.71. The molecule has 4 rings (SSSR count). The van der Waals surface area contributed by atoms with Gasteiger partial charge < -0.3 is 4.74 Å². The predicted molar refractivity (Wildman–Crippen MR) is 101 cm³/mol. The lowest BCUT2D eigenvalue weighted by Crippen LogP contribution is -2.14. The molecule has 27 heavy (non-hydrogen) atoms. The van der Waals surface area contributed by atoms with E-state index in [4.69, 9.17) is 16.3 Å². The van der Waals surface area contributed by atoms with E-state index in [1.165, 1.54) is 12.1 Å². The van der Waals surface area contributed by atoms with Crippen LogP contribution < -0.4 is 0 Å². The van der Waals surface area contributed by atoms with Crippen LogP contribution in [-0.4, -0.2) is 24.1 Å². The molecule has 0 spiro atoms. The molecule has 3 aromatic carbocycles. The molecule has 3 aromatic rings. The molecule has 0 saturated carbocycles. The fourth-order valence-electron chi connectivity index (χ4n) is 3.09. The van der Waals surface area contributed by atoms with Crippen LogP contribution >= 0.6 is 11.6 Å². The molecule has 0 aliphatic heterocycles. The fourth-order valence-corrected chi connectivity index (χ4v) is 3.21. The topological polar surface area (TPSA) is 60.4 Å². The first-order chi connectivity index (χ1) is 13.0. The maximum atomic E-state index is 12.5. The first-order valence-electron chi connectivity index (χ1n) is 8.28. The van der Waals surface area contributed by atoms with E-state index in [0.29, 0.717) is 27.3 Å². The van der Waals surface area contributed by atoms with Crippen molar-refractivity contribution in [2.24, 2.45) is 0 Å². The van der Waals surface area contributed by atoms with E-state index >= 15 is 0 Å². The quantitative estimate of drug-likeness (QED) is 0.386. The molecular weight excluding hydrogens is 364 g/mol. The number of halogens is 1. The normalized spacial score (nSPS) is 11.7. The zero-order chi connectivity index (χ0) is 19.0. The van der Waals surface area contributed by atoms with Gasteiger partial charge in [0.05, 0.1) is 5.56 Å². The highest BCUT2D eigenvalue weighted by molar-refractivity contribution is 6.30. The first kappa shape index (κ1) is 17.2. The summed E-state index contributed by atoms with van der Waals surface area (Å²) in [6, 6.07) is 18.5. The Morgan fingerprint density at radius 2 is 1.41 bits per heavy atom. The molecule has 5 heteroatoms. The van der Waals surface area contributed by atoms with Gasteiger partial charge in [-0.05, 0) is 41.5 Å². The van der Waals surface area contributed by atoms with Crippen molar-refractivity contribution in [3.05, 3.63) is 94.0 Å². The van der Waals surface area contributed by atoms with Crippen molar-refractivity contribution in [3.8, 4) is 11.1 Å². The molecule has 4 nitrogen and oxygen atoms in total. The summed E-state index contributed by atoms with van der Waals surface area (Å²) in [4.78, 5) is 36.9. The number of hydrogen-bond acceptors (Lipinski definition) is 4. The highest BCUT2D eigenvalue weighted by Crippen LogP contribution is 2.36. The summed E-state index contributed by atoms with van der Waals surface area (Å²) >= 11 is 5.78. The molecule has 1 aliphatic rings. The van der Waals surface area contributed by atoms with Gasteiger partial charge in [0.1, 0.15) is 0 Å². The summed E-state index contributed by atoms with van der Waals surface area (Å²) < 4.78 is 5.08. The summed E-state index contributed by atoms with van der Waals surface area (Å²) in [5.74, 6) is -1.08. The van der Waals surface area contributed by atoms with Crippen molar-refractivity contribution >= 4 is 29.1 Å². The number of Topliss-reactive ketones (excluding diaryl/α,β-unsaturated/α-hetero) is 1. The van der Waals surface area contributed by atoms with Crippen LogP contribution in [0.1, 0.15) is 36.6 Å². The first-order valence-corrected chi connectivity index (χ1v) is 8.66. The SMILES string of the molecule is O=C(COC(=O)c1ccc(Cl)cc1)c1ccc2c(c1)C(=O)c1ccccc1-2. The predicted octanol–water partition coefficient (Wildman–Crippen LogP) is 4.59. The van der Waals surface area contributed by atoms with Gasteiger partial charge in [-0.3, -0.25) is 9.59 Å². The maximum absolute atomic E-state index is 12.5. The Bertz CT molecular complexity index is 1080. The van der Waals surface area contributed by atoms with E-state index < -0.39 is 12.6 Å². The van der Waals surface area contributed by atoms with Gasteiger partial charge >= 0.3 is 5.97 Å². The largest absolute Gasteiger partial charge is 0.454 e. The number of esters is 1. The van der Waals surface area contributed by atoms with Gasteiger partial charge in [0.2, 0.25) is 0 Å². The van der Waals surface area contributed by atoms with E-state index in [0.717, 1.165) is 11.1 Å². The van der Waals surface area contributed by atoms with Gasteiger partial charge in [-0.2, -0.15) is 0 Å². The van der Waals surface area contributed by atoms with Crippen molar-refractivity contribution in [1.29, 1.82) is 0 Å². The lowest BCUT2D eigenvalue weighted by atomic mass is 10.0. The second kappa shape index (κ2) is 6.82. The van der Waals surface area contributed by atoms with Gasteiger partial charge in [0.15, 0.2) is 18.2 Å². The number of ketones is 2. The smallest absolute Gasteiger partial charge is 0.338 e. The highest BCUT2D eigenvalue weighted by atomic mass is 35.5. The fraction of sp³-hybridized carbons (Fsp3) is 0.0455. The van der Waals surface area contributed by atoms with Crippen LogP contribution in [0.4, 0.5) is 0 Å². The molecule has 0 radical (unpaired) electrons. The Morgan fingerprint density at radius 3 is 2.15 bits per heavy atom. The molecule has 0 heterocycles. The maximum Gasteiger partial charge on any atom is 0.338 e. The summed E-state index contributed by atoms with van der Waals surface area (Å²) in [6.45, 7) is -0.401. The average Bonchev–Trinajstić information content (AvgIpc) is 2.98. The van der Waals surface area contributed by atoms with E-state index in [1.807, 2.05) is 18.2 Å². The third kappa shape index (κ3) is 3.15. The molecule has 0 atom stereocenters. The van der Waals surface area contributed by atoms with Gasteiger partial charge in [0.25, 0.3) is 0 Å². The molecule has 0 fully saturated rings. The molecule has 0 bridgehead atoms. The standard InChI is InChI=1S/C22H13ClO4/c23-15-8-5-13(6-9-15)22(26)27-12-20(24)14-7-10-17-16-3-1-2-4-18(16)21(25)19(17)11-14/h1-11H,12H2. The van der Waals surface area contributed by atoms with Crippen LogP contribution in [0.2, 0.25) is 5.02 Å². The van der Waals surface area contributed by atoms with E-state index in [9.17, 15) is 14.4 Å². The molecule has 0 saturated heterocycles. The number of benzene rings is 3. The molecule has 0 aromatic heterocycles. The Balaban J connectivity index is 1.50. The number of hydrogen-bond donors (Lipinski definition) is 0. The van der Waals surface area contributed by atoms with Crippen LogP contribution in [0.25, 0.3) is 11.1 Å². The van der Waals surface area contributed by atoms with Crippen LogP contribution in [0.3, 0.4) is 0 Å². The van der Waals surface area contributed by atoms with E-state index in [-0.39, 0.29) is 11.6 Å². The van der Waals surface area contributed by atoms with Gasteiger partial charge in [-0.25, -0.2) is 4.79 Å². The number of ether oxygens (including phenoxy) is 1. The minimum Gasteiger partial charge on any atom is -0.454 e. The van der Waals surface area contributed by atoms with Crippen molar-refractivity contribution in [2.45, 2.75) is 0 Å². The summed E-state index contributed by atoms with van der Waals surface area (Å²) in [6.07, 6.45) is 0. The molecule has 1 aliphatic carbocycles. The highest BCUT2D eigenvalue weighted by Gasteiger charge is 2.27. The molecule has 132 valence electrons. The summed E-state index contributed by atoms with van der Waals surface area (Å²) in [7, 11) is 0. The minimum atomic E-state index is -0.607. The van der Waals surface area contributed by atoms with Gasteiger partial charge in [-0.1, -0.05) is 48.0 Å². The van der Waals surface area contributed by atoms with E-state index in [1.54, 1.807) is 36.4 Å². The van der Waals surface area contributed by atoms with Gasteiger partial charge in [-0.15, -0.1) is 0 Å². The van der Waals surface area contributed by atoms with Crippen molar-refractivity contribution in [3.63, 3.8) is 0 Å². The van der Waals surface area contributed by atoms with Crippen molar-refractivity contribution in [1.82, 2.24) is 0 Å². The number of fused-ring (bicyclic) bond motifs is 3. The van der Waals surface area contributed by atoms with E-state index in [2.05, 4.69) is 0 Å². The third-order valence-electron chi connectivity index (χ3n) is 4.46. The average molecular weight is 377 g/mol. The Hall–Kier alpha value is -3.24. The second-order valence-corrected chi connectivity index (χ2v) is 6.58. The zero-order valence-electron chi connectivity index (χ0n) is 14.1. The summed E-state index contributed by atoms with van der Waals surface area (Å²) in [5, 5.41) is 0.506. The monoisotopic (exact) mass is 376 g/mol. The van der Waals surface area contributed by atoms with Crippen LogP contribution in [0.5, 0.6) is 0 Å². The van der Waals surface area contributed by atoms with Crippen LogP contribution in [-0.2, 0) is 4.74 Å². The molecular formula is C22H13ClO4. The van der Waals surface area contributed by atoms with Crippen molar-refractivity contribution in [2.75, 3.05) is 6.61 Å². The summed E-state index contributed by atoms with van der Waals surface area (Å²) in [5.41, 5.74) is 3.44. The molecule has 0 amide bonds. The Kier molecular flexibility index (Phi) is 4.34. The second-order valence-electron chi connectivity index (χ2n) is 6.14. The van der Waals surface area contributed by atoms with Gasteiger partial charge in [0, 0.05) is 21.7 Å². The number of rotatable bonds is 4. The lowest BCUT2D eigenvalue weighted by molar-refractivity contribution is 0.0474.